The van der Waals surface area contributed by atoms with E-state index in [2.05, 4.69) is 0 Å². The lowest BCUT2D eigenvalue weighted by molar-refractivity contribution is -0.171. The summed E-state index contributed by atoms with van der Waals surface area (Å²) >= 11 is 1.51. The second kappa shape index (κ2) is 11.7. The second-order valence-corrected chi connectivity index (χ2v) is 9.51. The van der Waals surface area contributed by atoms with Crippen molar-refractivity contribution >= 4 is 35.6 Å². The van der Waals surface area contributed by atoms with E-state index < -0.39 is 49.3 Å². The maximum absolute atomic E-state index is 13.6. The summed E-state index contributed by atoms with van der Waals surface area (Å²) < 4.78 is 33.5. The van der Waals surface area contributed by atoms with Crippen molar-refractivity contribution in [2.45, 2.75) is 44.9 Å². The Morgan fingerprint density at radius 3 is 2.09 bits per heavy atom. The SMILES string of the molecule is CCC(=O)OCOC(=O)[C@@H]1[C@H](CSc2ccc(F)c(C)c2)C[C@H]2[C@H](C(=O)OCOC(=O)CC)[C@H]21. The number of carbonyl (C=O) groups excluding carboxylic acids is 4. The van der Waals surface area contributed by atoms with E-state index in [1.165, 1.54) is 17.8 Å². The fourth-order valence-corrected chi connectivity index (χ4v) is 5.65. The molecule has 0 saturated heterocycles. The van der Waals surface area contributed by atoms with Crippen LogP contribution in [0.2, 0.25) is 0 Å². The number of hydrogen-bond acceptors (Lipinski definition) is 9. The molecule has 5 atom stereocenters. The fourth-order valence-electron chi connectivity index (χ4n) is 4.47. The first-order valence-corrected chi connectivity index (χ1v) is 12.3. The molecule has 3 rings (SSSR count). The van der Waals surface area contributed by atoms with Gasteiger partial charge in [0.2, 0.25) is 13.6 Å². The zero-order valence-electron chi connectivity index (χ0n) is 19.4. The smallest absolute Gasteiger partial charge is 0.312 e. The van der Waals surface area contributed by atoms with Gasteiger partial charge < -0.3 is 18.9 Å². The minimum atomic E-state index is -0.560. The van der Waals surface area contributed by atoms with Crippen molar-refractivity contribution in [2.24, 2.45) is 29.6 Å². The average Bonchev–Trinajstić information content (AvgIpc) is 3.39. The normalized spacial score (nSPS) is 24.6. The van der Waals surface area contributed by atoms with Crippen molar-refractivity contribution in [2.75, 3.05) is 19.3 Å². The molecule has 186 valence electrons. The van der Waals surface area contributed by atoms with Gasteiger partial charge in [0.25, 0.3) is 0 Å². The molecular weight excluding hydrogens is 467 g/mol. The monoisotopic (exact) mass is 496 g/mol. The zero-order chi connectivity index (χ0) is 24.8. The number of thioether (sulfide) groups is 1. The highest BCUT2D eigenvalue weighted by atomic mass is 32.2. The first-order chi connectivity index (χ1) is 16.3. The van der Waals surface area contributed by atoms with Gasteiger partial charge in [-0.2, -0.15) is 0 Å². The Hall–Kier alpha value is -2.62. The zero-order valence-corrected chi connectivity index (χ0v) is 20.2. The van der Waals surface area contributed by atoms with Crippen molar-refractivity contribution in [3.05, 3.63) is 29.6 Å². The molecule has 1 aromatic carbocycles. The topological polar surface area (TPSA) is 105 Å². The molecule has 2 aliphatic carbocycles. The third kappa shape index (κ3) is 6.28. The summed E-state index contributed by atoms with van der Waals surface area (Å²) in [7, 11) is 0. The minimum Gasteiger partial charge on any atom is -0.428 e. The molecule has 8 nitrogen and oxygen atoms in total. The van der Waals surface area contributed by atoms with Crippen LogP contribution < -0.4 is 0 Å². The molecule has 0 amide bonds. The van der Waals surface area contributed by atoms with E-state index in [4.69, 9.17) is 18.9 Å². The molecule has 2 fully saturated rings. The molecule has 0 aromatic heterocycles. The number of hydrogen-bond donors (Lipinski definition) is 0. The molecule has 34 heavy (non-hydrogen) atoms. The standard InChI is InChI=1S/C24H29FO8S/c1-4-18(26)30-11-32-23(28)20-14(10-34-15-6-7-17(25)13(3)8-15)9-16-21(20)22(16)24(29)33-12-31-19(27)5-2/h6-8,14,16,20-22H,4-5,9-12H2,1-3H3/t14-,16+,20+,21+,22-/m0/s1. The Bertz CT molecular complexity index is 936. The summed E-state index contributed by atoms with van der Waals surface area (Å²) in [6, 6.07) is 4.86. The lowest BCUT2D eigenvalue weighted by Crippen LogP contribution is -2.30. The van der Waals surface area contributed by atoms with Gasteiger partial charge in [-0.3, -0.25) is 19.2 Å². The molecule has 0 radical (unpaired) electrons. The van der Waals surface area contributed by atoms with E-state index >= 15 is 0 Å². The largest absolute Gasteiger partial charge is 0.428 e. The second-order valence-electron chi connectivity index (χ2n) is 8.41. The van der Waals surface area contributed by atoms with Crippen LogP contribution in [0.25, 0.3) is 0 Å². The van der Waals surface area contributed by atoms with Crippen LogP contribution >= 0.6 is 11.8 Å². The van der Waals surface area contributed by atoms with E-state index in [0.29, 0.717) is 17.7 Å². The molecule has 1 aromatic rings. The number of rotatable bonds is 11. The average molecular weight is 497 g/mol. The van der Waals surface area contributed by atoms with E-state index in [-0.39, 0.29) is 36.4 Å². The number of fused-ring (bicyclic) bond motifs is 1. The summed E-state index contributed by atoms with van der Waals surface area (Å²) in [5.74, 6) is -3.05. The van der Waals surface area contributed by atoms with Gasteiger partial charge in [0, 0.05) is 23.5 Å². The molecule has 0 unspecified atom stereocenters. The van der Waals surface area contributed by atoms with Crippen molar-refractivity contribution in [3.63, 3.8) is 0 Å². The molecule has 2 saturated carbocycles. The molecule has 0 spiro atoms. The maximum atomic E-state index is 13.6. The van der Waals surface area contributed by atoms with E-state index in [1.807, 2.05) is 0 Å². The summed E-state index contributed by atoms with van der Waals surface area (Å²) in [4.78, 5) is 48.8. The van der Waals surface area contributed by atoms with Crippen LogP contribution in [-0.2, 0) is 38.1 Å². The Morgan fingerprint density at radius 1 is 0.941 bits per heavy atom. The first-order valence-electron chi connectivity index (χ1n) is 11.3. The highest BCUT2D eigenvalue weighted by Crippen LogP contribution is 2.64. The van der Waals surface area contributed by atoms with E-state index in [1.54, 1.807) is 32.9 Å². The van der Waals surface area contributed by atoms with Crippen molar-refractivity contribution in [1.29, 1.82) is 0 Å². The number of esters is 4. The van der Waals surface area contributed by atoms with Gasteiger partial charge in [0.05, 0.1) is 11.8 Å². The lowest BCUT2D eigenvalue weighted by atomic mass is 9.90. The minimum absolute atomic E-state index is 0.0364. The van der Waals surface area contributed by atoms with Crippen LogP contribution in [0.4, 0.5) is 4.39 Å². The van der Waals surface area contributed by atoms with E-state index in [9.17, 15) is 23.6 Å². The highest BCUT2D eigenvalue weighted by molar-refractivity contribution is 7.99. The summed E-state index contributed by atoms with van der Waals surface area (Å²) in [5, 5.41) is 0. The Labute approximate surface area is 201 Å². The molecule has 0 aliphatic heterocycles. The number of ether oxygens (including phenoxy) is 4. The summed E-state index contributed by atoms with van der Waals surface area (Å²) in [5.41, 5.74) is 0.541. The van der Waals surface area contributed by atoms with Gasteiger partial charge >= 0.3 is 23.9 Å². The quantitative estimate of drug-likeness (QED) is 0.258. The van der Waals surface area contributed by atoms with Gasteiger partial charge in [-0.1, -0.05) is 13.8 Å². The van der Waals surface area contributed by atoms with Crippen molar-refractivity contribution in [3.8, 4) is 0 Å². The van der Waals surface area contributed by atoms with Crippen molar-refractivity contribution < 1.29 is 42.5 Å². The van der Waals surface area contributed by atoms with Crippen LogP contribution in [0.3, 0.4) is 0 Å². The molecule has 0 bridgehead atoms. The van der Waals surface area contributed by atoms with Crippen LogP contribution in [0.1, 0.15) is 38.7 Å². The van der Waals surface area contributed by atoms with Gasteiger partial charge in [-0.05, 0) is 54.9 Å². The first kappa shape index (κ1) is 26.0. The lowest BCUT2D eigenvalue weighted by Gasteiger charge is -2.22. The van der Waals surface area contributed by atoms with Crippen LogP contribution in [0.15, 0.2) is 23.1 Å². The van der Waals surface area contributed by atoms with Crippen molar-refractivity contribution in [1.82, 2.24) is 0 Å². The van der Waals surface area contributed by atoms with Gasteiger partial charge in [-0.25, -0.2) is 4.39 Å². The summed E-state index contributed by atoms with van der Waals surface area (Å²) in [6.45, 7) is 4.03. The number of benzene rings is 1. The highest BCUT2D eigenvalue weighted by Gasteiger charge is 2.67. The number of carbonyl (C=O) groups is 4. The van der Waals surface area contributed by atoms with Crippen LogP contribution in [0, 0.1) is 42.3 Å². The Morgan fingerprint density at radius 2 is 1.53 bits per heavy atom. The maximum Gasteiger partial charge on any atom is 0.312 e. The van der Waals surface area contributed by atoms with Gasteiger partial charge in [0.1, 0.15) is 5.82 Å². The van der Waals surface area contributed by atoms with Gasteiger partial charge in [0.15, 0.2) is 0 Å². The third-order valence-corrected chi connectivity index (χ3v) is 7.47. The molecule has 10 heteroatoms. The predicted octanol–water partition coefficient (Wildman–Crippen LogP) is 3.63. The van der Waals surface area contributed by atoms with Crippen LogP contribution in [-0.4, -0.2) is 43.2 Å². The van der Waals surface area contributed by atoms with E-state index in [0.717, 1.165) is 4.90 Å². The van der Waals surface area contributed by atoms with Crippen LogP contribution in [0.5, 0.6) is 0 Å². The molecule has 0 heterocycles. The predicted molar refractivity (Wildman–Crippen MR) is 119 cm³/mol. The fraction of sp³-hybridized carbons (Fsp3) is 0.583. The third-order valence-electron chi connectivity index (χ3n) is 6.28. The Kier molecular flexibility index (Phi) is 8.93. The number of aryl methyl sites for hydroxylation is 1. The molecule has 0 N–H and O–H groups in total. The van der Waals surface area contributed by atoms with Gasteiger partial charge in [-0.15, -0.1) is 11.8 Å². The molecular formula is C24H29FO8S. The summed E-state index contributed by atoms with van der Waals surface area (Å²) in [6.07, 6.45) is 0.967. The Balaban J connectivity index is 1.61. The molecule has 2 aliphatic rings. The number of halogens is 1.